The van der Waals surface area contributed by atoms with E-state index in [4.69, 9.17) is 0 Å². The fourth-order valence-corrected chi connectivity index (χ4v) is 1.03. The summed E-state index contributed by atoms with van der Waals surface area (Å²) < 4.78 is 0. The van der Waals surface area contributed by atoms with E-state index >= 15 is 0 Å². The Balaban J connectivity index is 4.31. The maximum Gasteiger partial charge on any atom is 0.252 e. The summed E-state index contributed by atoms with van der Waals surface area (Å²) in [6.45, 7) is 6.85. The van der Waals surface area contributed by atoms with Gasteiger partial charge < -0.3 is 20.8 Å². The van der Waals surface area contributed by atoms with Crippen LogP contribution >= 0.6 is 0 Å². The fourth-order valence-electron chi connectivity index (χ4n) is 1.03. The molecule has 0 aliphatic heterocycles. The van der Waals surface area contributed by atoms with E-state index in [2.05, 4.69) is 10.6 Å². The van der Waals surface area contributed by atoms with Crippen LogP contribution in [0, 0.1) is 0 Å². The molecule has 2 atom stereocenters. The Hall–Kier alpha value is -1.14. The minimum Gasteiger partial charge on any atom is -0.380 e. The highest BCUT2D eigenvalue weighted by Crippen LogP contribution is 1.96. The van der Waals surface area contributed by atoms with Crippen molar-refractivity contribution in [3.05, 3.63) is 0 Å². The maximum atomic E-state index is 11.3. The monoisotopic (exact) mass is 232 g/mol. The van der Waals surface area contributed by atoms with Crippen LogP contribution in [0.25, 0.3) is 0 Å². The summed E-state index contributed by atoms with van der Waals surface area (Å²) in [5.74, 6) is -1.53. The highest BCUT2D eigenvalue weighted by atomic mass is 16.3. The number of amides is 2. The number of rotatable bonds is 5. The number of nitrogens with one attached hydrogen (secondary N) is 2. The van der Waals surface area contributed by atoms with E-state index in [0.29, 0.717) is 0 Å². The molecule has 0 bridgehead atoms. The fraction of sp³-hybridized carbons (Fsp3) is 0.800. The molecule has 0 aliphatic rings. The van der Waals surface area contributed by atoms with E-state index in [1.807, 2.05) is 0 Å². The third-order valence-corrected chi connectivity index (χ3v) is 1.70. The number of hydrogen-bond acceptors (Lipinski definition) is 4. The van der Waals surface area contributed by atoms with Gasteiger partial charge in [0.1, 0.15) is 0 Å². The van der Waals surface area contributed by atoms with Crippen LogP contribution in [0.5, 0.6) is 0 Å². The van der Waals surface area contributed by atoms with Crippen molar-refractivity contribution in [2.24, 2.45) is 0 Å². The molecule has 0 unspecified atom stereocenters. The molecule has 0 heterocycles. The van der Waals surface area contributed by atoms with Crippen LogP contribution in [-0.4, -0.2) is 46.3 Å². The molecule has 94 valence electrons. The van der Waals surface area contributed by atoms with Gasteiger partial charge in [0.2, 0.25) is 0 Å². The van der Waals surface area contributed by atoms with Gasteiger partial charge in [-0.15, -0.1) is 0 Å². The van der Waals surface area contributed by atoms with E-state index < -0.39 is 24.0 Å². The lowest BCUT2D eigenvalue weighted by atomic mass is 10.1. The van der Waals surface area contributed by atoms with E-state index in [1.54, 1.807) is 27.7 Å². The minimum atomic E-state index is -1.75. The third kappa shape index (κ3) is 5.09. The lowest BCUT2D eigenvalue weighted by molar-refractivity contribution is -0.146. The predicted octanol–water partition coefficient (Wildman–Crippen LogP) is -1.24. The summed E-state index contributed by atoms with van der Waals surface area (Å²) >= 11 is 0. The molecule has 0 aromatic rings. The summed E-state index contributed by atoms with van der Waals surface area (Å²) in [5, 5.41) is 23.6. The second kappa shape index (κ2) is 6.44. The van der Waals surface area contributed by atoms with Crippen LogP contribution < -0.4 is 10.6 Å². The molecule has 16 heavy (non-hydrogen) atoms. The lowest BCUT2D eigenvalue weighted by Gasteiger charge is -2.19. The van der Waals surface area contributed by atoms with Gasteiger partial charge in [0.05, 0.1) is 0 Å². The Labute approximate surface area is 95.0 Å². The van der Waals surface area contributed by atoms with E-state index in [0.717, 1.165) is 0 Å². The summed E-state index contributed by atoms with van der Waals surface area (Å²) in [5.41, 5.74) is 0. The molecule has 0 rings (SSSR count). The molecule has 6 heteroatoms. The van der Waals surface area contributed by atoms with Crippen molar-refractivity contribution in [3.8, 4) is 0 Å². The number of hydrogen-bond donors (Lipinski definition) is 4. The third-order valence-electron chi connectivity index (χ3n) is 1.70. The normalized spacial score (nSPS) is 14.8. The quantitative estimate of drug-likeness (QED) is 0.476. The molecule has 0 radical (unpaired) electrons. The van der Waals surface area contributed by atoms with E-state index in [9.17, 15) is 19.8 Å². The van der Waals surface area contributed by atoms with Crippen molar-refractivity contribution >= 4 is 11.8 Å². The smallest absolute Gasteiger partial charge is 0.252 e. The maximum absolute atomic E-state index is 11.3. The first-order valence-electron chi connectivity index (χ1n) is 5.22. The van der Waals surface area contributed by atoms with Gasteiger partial charge in [-0.25, -0.2) is 0 Å². The van der Waals surface area contributed by atoms with Gasteiger partial charge in [-0.3, -0.25) is 9.59 Å². The van der Waals surface area contributed by atoms with Crippen molar-refractivity contribution in [1.29, 1.82) is 0 Å². The molecule has 6 nitrogen and oxygen atoms in total. The second-order valence-electron chi connectivity index (χ2n) is 4.22. The molecule has 2 amide bonds. The average molecular weight is 232 g/mol. The molecule has 0 aromatic heterocycles. The van der Waals surface area contributed by atoms with E-state index in [-0.39, 0.29) is 12.1 Å². The Morgan fingerprint density at radius 3 is 1.25 bits per heavy atom. The van der Waals surface area contributed by atoms with Gasteiger partial charge in [-0.1, -0.05) is 0 Å². The Bertz CT molecular complexity index is 227. The number of carbonyl (C=O) groups excluding carboxylic acids is 2. The first-order valence-corrected chi connectivity index (χ1v) is 5.22. The van der Waals surface area contributed by atoms with Crippen molar-refractivity contribution in [2.45, 2.75) is 52.0 Å². The minimum absolute atomic E-state index is 0.164. The molecule has 0 aromatic carbocycles. The summed E-state index contributed by atoms with van der Waals surface area (Å²) in [7, 11) is 0. The van der Waals surface area contributed by atoms with Gasteiger partial charge in [-0.2, -0.15) is 0 Å². The van der Waals surface area contributed by atoms with Crippen LogP contribution in [0.3, 0.4) is 0 Å². The number of carbonyl (C=O) groups is 2. The van der Waals surface area contributed by atoms with Crippen LogP contribution in [-0.2, 0) is 9.59 Å². The second-order valence-corrected chi connectivity index (χ2v) is 4.22. The van der Waals surface area contributed by atoms with Crippen molar-refractivity contribution in [3.63, 3.8) is 0 Å². The highest BCUT2D eigenvalue weighted by molar-refractivity contribution is 5.90. The van der Waals surface area contributed by atoms with Gasteiger partial charge >= 0.3 is 0 Å². The number of aliphatic hydroxyl groups is 2. The van der Waals surface area contributed by atoms with Crippen molar-refractivity contribution < 1.29 is 19.8 Å². The summed E-state index contributed by atoms with van der Waals surface area (Å²) in [6, 6.07) is -0.329. The van der Waals surface area contributed by atoms with Gasteiger partial charge in [-0.05, 0) is 27.7 Å². The first-order chi connectivity index (χ1) is 7.25. The van der Waals surface area contributed by atoms with Gasteiger partial charge in [0.15, 0.2) is 12.2 Å². The Morgan fingerprint density at radius 2 is 1.06 bits per heavy atom. The molecular weight excluding hydrogens is 212 g/mol. The largest absolute Gasteiger partial charge is 0.380 e. The first kappa shape index (κ1) is 14.9. The molecule has 0 saturated heterocycles. The van der Waals surface area contributed by atoms with Gasteiger partial charge in [0.25, 0.3) is 11.8 Å². The molecule has 4 N–H and O–H groups in total. The lowest BCUT2D eigenvalue weighted by Crippen LogP contribution is -2.51. The Kier molecular flexibility index (Phi) is 5.98. The Morgan fingerprint density at radius 1 is 0.812 bits per heavy atom. The average Bonchev–Trinajstić information content (AvgIpc) is 2.13. The highest BCUT2D eigenvalue weighted by Gasteiger charge is 2.30. The molecule has 0 aliphatic carbocycles. The molecule has 0 saturated carbocycles. The summed E-state index contributed by atoms with van der Waals surface area (Å²) in [4.78, 5) is 22.6. The zero-order valence-corrected chi connectivity index (χ0v) is 10.0. The van der Waals surface area contributed by atoms with Crippen LogP contribution in [0.15, 0.2) is 0 Å². The van der Waals surface area contributed by atoms with Crippen LogP contribution in [0.4, 0.5) is 0 Å². The van der Waals surface area contributed by atoms with Crippen molar-refractivity contribution in [2.75, 3.05) is 0 Å². The van der Waals surface area contributed by atoms with Crippen molar-refractivity contribution in [1.82, 2.24) is 10.6 Å². The molecular formula is C10H20N2O4. The number of aliphatic hydroxyl groups excluding tert-OH is 2. The zero-order valence-electron chi connectivity index (χ0n) is 10.0. The van der Waals surface area contributed by atoms with Crippen LogP contribution in [0.2, 0.25) is 0 Å². The topological polar surface area (TPSA) is 98.7 Å². The van der Waals surface area contributed by atoms with Gasteiger partial charge in [0, 0.05) is 12.1 Å². The zero-order chi connectivity index (χ0) is 12.9. The standard InChI is InChI=1S/C10H20N2O4/c1-5(2)11-9(15)7(13)8(14)10(16)12-6(3)4/h5-8,13-14H,1-4H3,(H,11,15)(H,12,16)/t7-,8-/m0/s1. The molecule has 0 spiro atoms. The molecule has 0 fully saturated rings. The predicted molar refractivity (Wildman–Crippen MR) is 58.6 cm³/mol. The SMILES string of the molecule is CC(C)NC(=O)[C@@H](O)[C@H](O)C(=O)NC(C)C. The van der Waals surface area contributed by atoms with E-state index in [1.165, 1.54) is 0 Å². The van der Waals surface area contributed by atoms with Crippen LogP contribution in [0.1, 0.15) is 27.7 Å². The summed E-state index contributed by atoms with van der Waals surface area (Å²) in [6.07, 6.45) is -3.50.